The van der Waals surface area contributed by atoms with Crippen LogP contribution in [0.4, 0.5) is 11.4 Å². The first-order valence-corrected chi connectivity index (χ1v) is 10.7. The average molecular weight is 427 g/mol. The smallest absolute Gasteiger partial charge is 0.248 e. The lowest BCUT2D eigenvalue weighted by Crippen LogP contribution is -2.47. The minimum Gasteiger partial charge on any atom is -0.497 e. The first-order valence-electron chi connectivity index (χ1n) is 8.49. The third-order valence-electron chi connectivity index (χ3n) is 4.07. The summed E-state index contributed by atoms with van der Waals surface area (Å²) in [7, 11) is -0.846. The van der Waals surface area contributed by atoms with Crippen molar-refractivity contribution >= 4 is 38.9 Å². The quantitative estimate of drug-likeness (QED) is 0.697. The van der Waals surface area contributed by atoms with E-state index in [4.69, 9.17) is 21.1 Å². The number of nitrogens with zero attached hydrogens (tertiary/aromatic N) is 1. The first-order chi connectivity index (χ1) is 13.2. The number of carbonyl (C=O) groups is 1. The van der Waals surface area contributed by atoms with Crippen LogP contribution < -0.4 is 19.1 Å². The molecule has 0 aliphatic rings. The van der Waals surface area contributed by atoms with Crippen LogP contribution in [-0.4, -0.2) is 40.8 Å². The lowest BCUT2D eigenvalue weighted by atomic mass is 10.1. The van der Waals surface area contributed by atoms with Crippen LogP contribution in [0, 0.1) is 0 Å². The van der Waals surface area contributed by atoms with Gasteiger partial charge in [-0.05, 0) is 48.9 Å². The molecule has 2 rings (SSSR count). The van der Waals surface area contributed by atoms with Crippen molar-refractivity contribution in [2.75, 3.05) is 30.1 Å². The van der Waals surface area contributed by atoms with Crippen molar-refractivity contribution in [2.45, 2.75) is 19.4 Å². The fourth-order valence-electron chi connectivity index (χ4n) is 2.77. The fourth-order valence-corrected chi connectivity index (χ4v) is 4.14. The van der Waals surface area contributed by atoms with Crippen molar-refractivity contribution in [3.05, 3.63) is 47.5 Å². The summed E-state index contributed by atoms with van der Waals surface area (Å²) in [6, 6.07) is 10.4. The van der Waals surface area contributed by atoms with Crippen LogP contribution in [0.1, 0.15) is 13.3 Å². The summed E-state index contributed by atoms with van der Waals surface area (Å²) < 4.78 is 36.6. The second-order valence-electron chi connectivity index (χ2n) is 6.02. The molecule has 0 saturated heterocycles. The van der Waals surface area contributed by atoms with Crippen molar-refractivity contribution in [2.24, 2.45) is 0 Å². The second-order valence-corrected chi connectivity index (χ2v) is 8.31. The molecule has 1 N–H and O–H groups in total. The molecule has 0 aliphatic carbocycles. The summed E-state index contributed by atoms with van der Waals surface area (Å²) in [6.07, 6.45) is 1.28. The van der Waals surface area contributed by atoms with E-state index in [9.17, 15) is 13.2 Å². The van der Waals surface area contributed by atoms with Crippen molar-refractivity contribution in [3.63, 3.8) is 0 Å². The number of hydrogen-bond acceptors (Lipinski definition) is 5. The number of carbonyl (C=O) groups excluding carboxylic acids is 1. The molecular weight excluding hydrogens is 404 g/mol. The molecule has 28 heavy (non-hydrogen) atoms. The van der Waals surface area contributed by atoms with E-state index in [0.717, 1.165) is 10.6 Å². The van der Waals surface area contributed by atoms with E-state index in [1.54, 1.807) is 50.4 Å². The number of nitrogens with one attached hydrogen (secondary N) is 1. The molecule has 2 aromatic carbocycles. The number of anilines is 2. The van der Waals surface area contributed by atoms with Crippen molar-refractivity contribution in [1.29, 1.82) is 0 Å². The Bertz CT molecular complexity index is 932. The van der Waals surface area contributed by atoms with Gasteiger partial charge in [-0.2, -0.15) is 0 Å². The Kier molecular flexibility index (Phi) is 7.15. The lowest BCUT2D eigenvalue weighted by Gasteiger charge is -2.31. The van der Waals surface area contributed by atoms with Crippen LogP contribution in [-0.2, 0) is 14.8 Å². The van der Waals surface area contributed by atoms with Crippen molar-refractivity contribution in [1.82, 2.24) is 0 Å². The molecule has 2 aromatic rings. The molecule has 0 aliphatic heterocycles. The highest BCUT2D eigenvalue weighted by molar-refractivity contribution is 7.92. The van der Waals surface area contributed by atoms with E-state index in [1.807, 2.05) is 0 Å². The second kappa shape index (κ2) is 9.16. The number of ether oxygens (including phenoxy) is 2. The number of halogens is 1. The fraction of sp³-hybridized carbons (Fsp3) is 0.316. The van der Waals surface area contributed by atoms with Gasteiger partial charge in [0, 0.05) is 10.7 Å². The Morgan fingerprint density at radius 1 is 1.14 bits per heavy atom. The molecule has 7 nitrogen and oxygen atoms in total. The van der Waals surface area contributed by atoms with E-state index in [0.29, 0.717) is 22.2 Å². The maximum absolute atomic E-state index is 12.9. The van der Waals surface area contributed by atoms with Gasteiger partial charge in [0.2, 0.25) is 15.9 Å². The number of methoxy groups -OCH3 is 2. The lowest BCUT2D eigenvalue weighted by molar-refractivity contribution is -0.117. The minimum absolute atomic E-state index is 0.203. The molecule has 0 heterocycles. The number of sulfonamides is 1. The summed E-state index contributed by atoms with van der Waals surface area (Å²) in [5.74, 6) is 0.470. The number of amides is 1. The predicted octanol–water partition coefficient (Wildman–Crippen LogP) is 3.54. The largest absolute Gasteiger partial charge is 0.497 e. The monoisotopic (exact) mass is 426 g/mol. The van der Waals surface area contributed by atoms with Gasteiger partial charge in [0.15, 0.2) is 0 Å². The maximum atomic E-state index is 12.9. The van der Waals surface area contributed by atoms with Gasteiger partial charge < -0.3 is 14.8 Å². The number of benzene rings is 2. The Hall–Kier alpha value is -2.45. The molecule has 1 amide bonds. The summed E-state index contributed by atoms with van der Waals surface area (Å²) in [5, 5.41) is 3.07. The van der Waals surface area contributed by atoms with Crippen LogP contribution in [0.3, 0.4) is 0 Å². The molecular formula is C19H23ClN2O5S. The van der Waals surface area contributed by atoms with Gasteiger partial charge in [0.05, 0.1) is 26.2 Å². The summed E-state index contributed by atoms with van der Waals surface area (Å²) in [6.45, 7) is 1.73. The zero-order valence-electron chi connectivity index (χ0n) is 16.1. The van der Waals surface area contributed by atoms with Gasteiger partial charge in [-0.25, -0.2) is 8.42 Å². The Labute approximate surface area is 170 Å². The first kappa shape index (κ1) is 21.8. The van der Waals surface area contributed by atoms with Crippen molar-refractivity contribution < 1.29 is 22.7 Å². The molecule has 0 fully saturated rings. The van der Waals surface area contributed by atoms with Crippen LogP contribution in [0.25, 0.3) is 0 Å². The predicted molar refractivity (Wildman–Crippen MR) is 111 cm³/mol. The summed E-state index contributed by atoms with van der Waals surface area (Å²) in [5.41, 5.74) is 0.727. The maximum Gasteiger partial charge on any atom is 0.248 e. The third kappa shape index (κ3) is 5.08. The Morgan fingerprint density at radius 2 is 1.79 bits per heavy atom. The molecule has 0 spiro atoms. The molecule has 0 unspecified atom stereocenters. The van der Waals surface area contributed by atoms with Gasteiger partial charge in [-0.15, -0.1) is 0 Å². The zero-order valence-corrected chi connectivity index (χ0v) is 17.7. The Morgan fingerprint density at radius 3 is 2.29 bits per heavy atom. The van der Waals surface area contributed by atoms with Crippen LogP contribution in [0.15, 0.2) is 42.5 Å². The van der Waals surface area contributed by atoms with Gasteiger partial charge in [-0.3, -0.25) is 9.10 Å². The standard InChI is InChI=1S/C19H23ClN2O5S/c1-5-16(19(23)21-14-7-9-15(26-2)10-8-14)22(28(4,24)25)17-12-13(20)6-11-18(17)27-3/h6-12,16H,5H2,1-4H3,(H,21,23)/t16-/m0/s1. The highest BCUT2D eigenvalue weighted by Crippen LogP contribution is 2.35. The molecule has 0 aromatic heterocycles. The van der Waals surface area contributed by atoms with E-state index in [1.165, 1.54) is 13.2 Å². The van der Waals surface area contributed by atoms with E-state index >= 15 is 0 Å². The van der Waals surface area contributed by atoms with E-state index < -0.39 is 22.0 Å². The third-order valence-corrected chi connectivity index (χ3v) is 5.47. The highest BCUT2D eigenvalue weighted by atomic mass is 35.5. The highest BCUT2D eigenvalue weighted by Gasteiger charge is 2.33. The SMILES string of the molecule is CC[C@@H](C(=O)Nc1ccc(OC)cc1)N(c1cc(Cl)ccc1OC)S(C)(=O)=O. The van der Waals surface area contributed by atoms with Gasteiger partial charge in [-0.1, -0.05) is 18.5 Å². The molecule has 0 bridgehead atoms. The molecule has 152 valence electrons. The van der Waals surface area contributed by atoms with E-state index in [2.05, 4.69) is 5.32 Å². The molecule has 1 atom stereocenters. The Balaban J connectivity index is 2.43. The summed E-state index contributed by atoms with van der Waals surface area (Å²) in [4.78, 5) is 12.9. The van der Waals surface area contributed by atoms with Crippen LogP contribution >= 0.6 is 11.6 Å². The molecule has 0 radical (unpaired) electrons. The topological polar surface area (TPSA) is 84.9 Å². The molecule has 9 heteroatoms. The number of rotatable bonds is 8. The van der Waals surface area contributed by atoms with Gasteiger partial charge in [0.1, 0.15) is 17.5 Å². The minimum atomic E-state index is -3.81. The van der Waals surface area contributed by atoms with E-state index in [-0.39, 0.29) is 12.1 Å². The van der Waals surface area contributed by atoms with Crippen LogP contribution in [0.2, 0.25) is 5.02 Å². The van der Waals surface area contributed by atoms with Gasteiger partial charge >= 0.3 is 0 Å². The summed E-state index contributed by atoms with van der Waals surface area (Å²) >= 11 is 6.06. The molecule has 0 saturated carbocycles. The van der Waals surface area contributed by atoms with Crippen molar-refractivity contribution in [3.8, 4) is 11.5 Å². The zero-order chi connectivity index (χ0) is 20.9. The van der Waals surface area contributed by atoms with Gasteiger partial charge in [0.25, 0.3) is 0 Å². The average Bonchev–Trinajstić information content (AvgIpc) is 2.65. The number of hydrogen-bond donors (Lipinski definition) is 1. The van der Waals surface area contributed by atoms with Crippen LogP contribution in [0.5, 0.6) is 11.5 Å². The normalized spacial score (nSPS) is 12.2.